The van der Waals surface area contributed by atoms with E-state index in [9.17, 15) is 4.79 Å². The predicted octanol–water partition coefficient (Wildman–Crippen LogP) is 1.58. The zero-order valence-electron chi connectivity index (χ0n) is 7.14. The summed E-state index contributed by atoms with van der Waals surface area (Å²) in [7, 11) is 0. The molecule has 3 nitrogen and oxygen atoms in total. The van der Waals surface area contributed by atoms with Crippen LogP contribution in [0.15, 0.2) is 0 Å². The summed E-state index contributed by atoms with van der Waals surface area (Å²) in [6, 6.07) is 2.02. The van der Waals surface area contributed by atoms with Crippen molar-refractivity contribution in [2.75, 3.05) is 6.54 Å². The van der Waals surface area contributed by atoms with Crippen molar-refractivity contribution in [3.63, 3.8) is 0 Å². The van der Waals surface area contributed by atoms with Gasteiger partial charge < -0.3 is 5.32 Å². The molecule has 0 fully saturated rings. The van der Waals surface area contributed by atoms with Crippen LogP contribution in [0.25, 0.3) is 0 Å². The predicted molar refractivity (Wildman–Crippen MR) is 50.9 cm³/mol. The molecular weight excluding hydrogens is 220 g/mol. The maximum absolute atomic E-state index is 11.1. The number of hydrogen-bond donors (Lipinski definition) is 1. The second-order valence-electron chi connectivity index (χ2n) is 2.43. The highest BCUT2D eigenvalue weighted by Gasteiger charge is 2.10. The second kappa shape index (κ2) is 7.11. The van der Waals surface area contributed by atoms with Gasteiger partial charge in [0.15, 0.2) is 0 Å². The lowest BCUT2D eigenvalue weighted by Gasteiger charge is -2.06. The molecule has 0 heterocycles. The van der Waals surface area contributed by atoms with E-state index < -0.39 is 0 Å². The number of nitrogens with zero attached hydrogens (tertiary/aromatic N) is 1. The molecule has 0 aliphatic heterocycles. The molecule has 1 unspecified atom stereocenters. The summed E-state index contributed by atoms with van der Waals surface area (Å²) in [6.45, 7) is 2.53. The minimum absolute atomic E-state index is 0.00967. The van der Waals surface area contributed by atoms with Crippen molar-refractivity contribution < 1.29 is 4.79 Å². The third kappa shape index (κ3) is 5.14. The van der Waals surface area contributed by atoms with Gasteiger partial charge in [-0.1, -0.05) is 22.9 Å². The average Bonchev–Trinajstić information content (AvgIpc) is 2.10. The molecule has 68 valence electrons. The summed E-state index contributed by atoms with van der Waals surface area (Å²) in [6.07, 6.45) is 2.01. The van der Waals surface area contributed by atoms with Crippen molar-refractivity contribution in [2.24, 2.45) is 0 Å². The first-order valence-electron chi connectivity index (χ1n) is 4.01. The van der Waals surface area contributed by atoms with Crippen LogP contribution in [0.3, 0.4) is 0 Å². The van der Waals surface area contributed by atoms with Gasteiger partial charge in [0, 0.05) is 13.0 Å². The Kier molecular flexibility index (Phi) is 6.78. The molecule has 0 bridgehead atoms. The number of rotatable bonds is 5. The highest BCUT2D eigenvalue weighted by atomic mass is 79.9. The number of carbonyl (C=O) groups excluding carboxylic acids is 1. The number of nitriles is 1. The topological polar surface area (TPSA) is 52.9 Å². The SMILES string of the molecule is CCC(Br)C(=O)NCCCC#N. The molecule has 0 saturated heterocycles. The minimum atomic E-state index is -0.0976. The number of nitrogens with one attached hydrogen (secondary N) is 1. The zero-order valence-corrected chi connectivity index (χ0v) is 8.73. The van der Waals surface area contributed by atoms with E-state index in [1.165, 1.54) is 0 Å². The Balaban J connectivity index is 3.39. The van der Waals surface area contributed by atoms with Crippen LogP contribution in [0.1, 0.15) is 26.2 Å². The Morgan fingerprint density at radius 1 is 1.75 bits per heavy atom. The Morgan fingerprint density at radius 2 is 2.42 bits per heavy atom. The van der Waals surface area contributed by atoms with Gasteiger partial charge in [-0.15, -0.1) is 0 Å². The highest BCUT2D eigenvalue weighted by molar-refractivity contribution is 9.10. The van der Waals surface area contributed by atoms with E-state index in [4.69, 9.17) is 5.26 Å². The third-order valence-corrected chi connectivity index (χ3v) is 2.47. The lowest BCUT2D eigenvalue weighted by Crippen LogP contribution is -2.31. The van der Waals surface area contributed by atoms with Gasteiger partial charge in [-0.05, 0) is 12.8 Å². The fourth-order valence-corrected chi connectivity index (χ4v) is 0.837. The first-order valence-corrected chi connectivity index (χ1v) is 4.92. The molecule has 1 N–H and O–H groups in total. The van der Waals surface area contributed by atoms with Crippen molar-refractivity contribution in [1.29, 1.82) is 5.26 Å². The normalized spacial score (nSPS) is 11.8. The lowest BCUT2D eigenvalue weighted by molar-refractivity contribution is -0.120. The van der Waals surface area contributed by atoms with Gasteiger partial charge in [-0.2, -0.15) is 5.26 Å². The summed E-state index contributed by atoms with van der Waals surface area (Å²) in [5, 5.41) is 10.9. The summed E-state index contributed by atoms with van der Waals surface area (Å²) in [5.74, 6) is 0.00967. The van der Waals surface area contributed by atoms with Crippen molar-refractivity contribution in [3.8, 4) is 6.07 Å². The molecule has 0 spiro atoms. The van der Waals surface area contributed by atoms with E-state index in [1.54, 1.807) is 0 Å². The number of alkyl halides is 1. The molecule has 4 heteroatoms. The van der Waals surface area contributed by atoms with Gasteiger partial charge in [0.05, 0.1) is 10.9 Å². The zero-order chi connectivity index (χ0) is 9.40. The van der Waals surface area contributed by atoms with Crippen LogP contribution in [0.2, 0.25) is 0 Å². The fraction of sp³-hybridized carbons (Fsp3) is 0.750. The van der Waals surface area contributed by atoms with Crippen LogP contribution in [-0.2, 0) is 4.79 Å². The Labute approximate surface area is 81.3 Å². The van der Waals surface area contributed by atoms with Gasteiger partial charge in [-0.3, -0.25) is 4.79 Å². The molecule has 0 aromatic heterocycles. The Hall–Kier alpha value is -0.560. The highest BCUT2D eigenvalue weighted by Crippen LogP contribution is 2.03. The monoisotopic (exact) mass is 232 g/mol. The van der Waals surface area contributed by atoms with Crippen LogP contribution < -0.4 is 5.32 Å². The fourth-order valence-electron chi connectivity index (χ4n) is 0.675. The van der Waals surface area contributed by atoms with Crippen molar-refractivity contribution in [3.05, 3.63) is 0 Å². The van der Waals surface area contributed by atoms with Crippen molar-refractivity contribution >= 4 is 21.8 Å². The van der Waals surface area contributed by atoms with E-state index in [-0.39, 0.29) is 10.7 Å². The maximum atomic E-state index is 11.1. The third-order valence-electron chi connectivity index (χ3n) is 1.41. The molecule has 0 saturated carbocycles. The summed E-state index contributed by atoms with van der Waals surface area (Å²) in [5.41, 5.74) is 0. The molecule has 1 atom stereocenters. The van der Waals surface area contributed by atoms with E-state index in [0.29, 0.717) is 13.0 Å². The standard InChI is InChI=1S/C8H13BrN2O/c1-2-7(9)8(12)11-6-4-3-5-10/h7H,2-4,6H2,1H3,(H,11,12). The van der Waals surface area contributed by atoms with Gasteiger partial charge in [0.2, 0.25) is 5.91 Å². The van der Waals surface area contributed by atoms with Gasteiger partial charge in [0.25, 0.3) is 0 Å². The second-order valence-corrected chi connectivity index (χ2v) is 3.53. The molecule has 0 radical (unpaired) electrons. The molecule has 12 heavy (non-hydrogen) atoms. The number of hydrogen-bond acceptors (Lipinski definition) is 2. The molecule has 0 rings (SSSR count). The molecular formula is C8H13BrN2O. The van der Waals surface area contributed by atoms with Crippen LogP contribution in [-0.4, -0.2) is 17.3 Å². The van der Waals surface area contributed by atoms with Crippen LogP contribution in [0, 0.1) is 11.3 Å². The minimum Gasteiger partial charge on any atom is -0.355 e. The van der Waals surface area contributed by atoms with E-state index in [2.05, 4.69) is 21.2 Å². The van der Waals surface area contributed by atoms with Crippen LogP contribution in [0.5, 0.6) is 0 Å². The van der Waals surface area contributed by atoms with Crippen molar-refractivity contribution in [1.82, 2.24) is 5.32 Å². The van der Waals surface area contributed by atoms with Crippen LogP contribution >= 0.6 is 15.9 Å². The van der Waals surface area contributed by atoms with Gasteiger partial charge in [0.1, 0.15) is 0 Å². The lowest BCUT2D eigenvalue weighted by atomic mass is 10.3. The largest absolute Gasteiger partial charge is 0.355 e. The number of carbonyl (C=O) groups is 1. The smallest absolute Gasteiger partial charge is 0.233 e. The van der Waals surface area contributed by atoms with E-state index >= 15 is 0 Å². The first-order chi connectivity index (χ1) is 5.72. The molecule has 0 aliphatic rings. The van der Waals surface area contributed by atoms with Gasteiger partial charge in [-0.25, -0.2) is 0 Å². The maximum Gasteiger partial charge on any atom is 0.233 e. The van der Waals surface area contributed by atoms with Crippen LogP contribution in [0.4, 0.5) is 0 Å². The number of halogens is 1. The Morgan fingerprint density at radius 3 is 2.92 bits per heavy atom. The number of amides is 1. The van der Waals surface area contributed by atoms with Crippen molar-refractivity contribution in [2.45, 2.75) is 31.0 Å². The molecule has 1 amide bonds. The van der Waals surface area contributed by atoms with E-state index in [0.717, 1.165) is 12.8 Å². The molecule has 0 aromatic carbocycles. The first kappa shape index (κ1) is 11.4. The molecule has 0 aromatic rings. The summed E-state index contributed by atoms with van der Waals surface area (Å²) < 4.78 is 0. The summed E-state index contributed by atoms with van der Waals surface area (Å²) >= 11 is 3.23. The summed E-state index contributed by atoms with van der Waals surface area (Å²) in [4.78, 5) is 11.0. The Bertz CT molecular complexity index is 176. The molecule has 0 aliphatic carbocycles. The van der Waals surface area contributed by atoms with E-state index in [1.807, 2.05) is 13.0 Å². The number of unbranched alkanes of at least 4 members (excludes halogenated alkanes) is 1. The average molecular weight is 233 g/mol. The van der Waals surface area contributed by atoms with Gasteiger partial charge >= 0.3 is 0 Å². The quantitative estimate of drug-likeness (QED) is 0.579.